The lowest BCUT2D eigenvalue weighted by molar-refractivity contribution is 0.491. The molecular formula is C15H15Cl2FN2. The Hall–Kier alpha value is -1.16. The summed E-state index contributed by atoms with van der Waals surface area (Å²) < 4.78 is 13.6. The van der Waals surface area contributed by atoms with Gasteiger partial charge in [0.1, 0.15) is 5.82 Å². The van der Waals surface area contributed by atoms with Crippen LogP contribution < -0.4 is 5.32 Å². The van der Waals surface area contributed by atoms with E-state index in [0.29, 0.717) is 10.6 Å². The van der Waals surface area contributed by atoms with E-state index >= 15 is 0 Å². The second-order valence-electron chi connectivity index (χ2n) is 4.68. The third kappa shape index (κ3) is 3.48. The van der Waals surface area contributed by atoms with E-state index in [4.69, 9.17) is 23.2 Å². The molecule has 0 amide bonds. The predicted molar refractivity (Wildman–Crippen MR) is 80.6 cm³/mol. The zero-order chi connectivity index (χ0) is 14.7. The van der Waals surface area contributed by atoms with E-state index in [1.54, 1.807) is 12.4 Å². The highest BCUT2D eigenvalue weighted by molar-refractivity contribution is 6.35. The van der Waals surface area contributed by atoms with Crippen LogP contribution in [0.4, 0.5) is 4.39 Å². The number of aromatic nitrogens is 1. The van der Waals surface area contributed by atoms with Crippen LogP contribution in [-0.4, -0.2) is 4.98 Å². The Kier molecular flexibility index (Phi) is 4.97. The van der Waals surface area contributed by atoms with E-state index < -0.39 is 5.82 Å². The van der Waals surface area contributed by atoms with Crippen molar-refractivity contribution in [3.05, 3.63) is 63.6 Å². The highest BCUT2D eigenvalue weighted by Crippen LogP contribution is 2.29. The van der Waals surface area contributed by atoms with Crippen molar-refractivity contribution in [1.29, 1.82) is 0 Å². The molecule has 0 aliphatic heterocycles. The third-order valence-corrected chi connectivity index (χ3v) is 3.81. The molecule has 20 heavy (non-hydrogen) atoms. The maximum atomic E-state index is 13.6. The minimum atomic E-state index is -0.464. The Bertz CT molecular complexity index is 590. The van der Waals surface area contributed by atoms with Crippen molar-refractivity contribution in [3.63, 3.8) is 0 Å². The lowest BCUT2D eigenvalue weighted by atomic mass is 10.1. The van der Waals surface area contributed by atoms with Crippen LogP contribution in [0, 0.1) is 5.82 Å². The van der Waals surface area contributed by atoms with E-state index in [1.807, 2.05) is 26.0 Å². The summed E-state index contributed by atoms with van der Waals surface area (Å²) in [6, 6.07) is 6.64. The molecule has 2 rings (SSSR count). The molecule has 0 spiro atoms. The number of rotatable bonds is 4. The largest absolute Gasteiger partial charge is 0.304 e. The molecule has 0 aliphatic carbocycles. The van der Waals surface area contributed by atoms with Crippen LogP contribution in [0.1, 0.15) is 37.1 Å². The van der Waals surface area contributed by atoms with Crippen molar-refractivity contribution < 1.29 is 4.39 Å². The zero-order valence-electron chi connectivity index (χ0n) is 11.2. The molecule has 1 aromatic carbocycles. The monoisotopic (exact) mass is 312 g/mol. The van der Waals surface area contributed by atoms with Crippen LogP contribution in [-0.2, 0) is 0 Å². The van der Waals surface area contributed by atoms with Crippen LogP contribution in [0.25, 0.3) is 0 Å². The molecule has 1 aromatic heterocycles. The van der Waals surface area contributed by atoms with Gasteiger partial charge in [-0.3, -0.25) is 4.98 Å². The summed E-state index contributed by atoms with van der Waals surface area (Å²) in [5, 5.41) is 3.85. The average molecular weight is 313 g/mol. The molecule has 0 saturated carbocycles. The normalized spacial score (nSPS) is 14.1. The number of pyridine rings is 1. The summed E-state index contributed by atoms with van der Waals surface area (Å²) >= 11 is 11.8. The van der Waals surface area contributed by atoms with E-state index in [1.165, 1.54) is 12.1 Å². The second-order valence-corrected chi connectivity index (χ2v) is 5.50. The summed E-state index contributed by atoms with van der Waals surface area (Å²) in [5.74, 6) is -0.464. The molecule has 0 saturated heterocycles. The van der Waals surface area contributed by atoms with Gasteiger partial charge in [0.05, 0.1) is 5.02 Å². The lowest BCUT2D eigenvalue weighted by Crippen LogP contribution is -2.23. The molecule has 1 unspecified atom stereocenters. The molecule has 2 nitrogen and oxygen atoms in total. The number of halogens is 3. The molecule has 1 N–H and O–H groups in total. The number of benzene rings is 1. The van der Waals surface area contributed by atoms with Gasteiger partial charge in [-0.15, -0.1) is 0 Å². The number of hydrogen-bond acceptors (Lipinski definition) is 2. The number of hydrogen-bond donors (Lipinski definition) is 1. The lowest BCUT2D eigenvalue weighted by Gasteiger charge is -2.21. The summed E-state index contributed by atoms with van der Waals surface area (Å²) in [5.41, 5.74) is 1.74. The van der Waals surface area contributed by atoms with Crippen molar-refractivity contribution in [2.24, 2.45) is 0 Å². The predicted octanol–water partition coefficient (Wildman–Crippen LogP) is 4.94. The van der Waals surface area contributed by atoms with Crippen LogP contribution in [0.15, 0.2) is 36.7 Å². The quantitative estimate of drug-likeness (QED) is 0.809. The summed E-state index contributed by atoms with van der Waals surface area (Å²) in [6.07, 6.45) is 3.53. The maximum Gasteiger partial charge on any atom is 0.142 e. The fourth-order valence-corrected chi connectivity index (χ4v) is 2.61. The van der Waals surface area contributed by atoms with Gasteiger partial charge in [0.15, 0.2) is 0 Å². The van der Waals surface area contributed by atoms with Crippen LogP contribution in [0.3, 0.4) is 0 Å². The second kappa shape index (κ2) is 6.53. The van der Waals surface area contributed by atoms with Gasteiger partial charge in [-0.05, 0) is 43.2 Å². The van der Waals surface area contributed by atoms with Crippen molar-refractivity contribution in [3.8, 4) is 0 Å². The van der Waals surface area contributed by atoms with Gasteiger partial charge in [0, 0.05) is 29.5 Å². The summed E-state index contributed by atoms with van der Waals surface area (Å²) in [6.45, 7) is 3.95. The van der Waals surface area contributed by atoms with E-state index in [0.717, 1.165) is 5.56 Å². The van der Waals surface area contributed by atoms with Crippen molar-refractivity contribution in [1.82, 2.24) is 10.3 Å². The number of nitrogens with one attached hydrogen (secondary N) is 1. The van der Waals surface area contributed by atoms with Crippen LogP contribution in [0.5, 0.6) is 0 Å². The summed E-state index contributed by atoms with van der Waals surface area (Å²) in [7, 11) is 0. The molecular weight excluding hydrogens is 298 g/mol. The van der Waals surface area contributed by atoms with Crippen LogP contribution in [0.2, 0.25) is 10.0 Å². The van der Waals surface area contributed by atoms with Gasteiger partial charge in [-0.2, -0.15) is 0 Å². The molecule has 2 atom stereocenters. The standard InChI is InChI=1S/C15H15Cl2FN2/c1-9(11-4-3-5-19-8-11)20-10(2)12-6-15(18)14(17)7-13(12)16/h3-10,20H,1-2H3/t9-,10?/m0/s1. The molecule has 0 fully saturated rings. The van der Waals surface area contributed by atoms with Gasteiger partial charge in [-0.1, -0.05) is 29.3 Å². The van der Waals surface area contributed by atoms with E-state index in [2.05, 4.69) is 10.3 Å². The minimum absolute atomic E-state index is 0.0336. The molecule has 2 aromatic rings. The number of nitrogens with zero attached hydrogens (tertiary/aromatic N) is 1. The third-order valence-electron chi connectivity index (χ3n) is 3.19. The molecule has 0 bridgehead atoms. The summed E-state index contributed by atoms with van der Waals surface area (Å²) in [4.78, 5) is 4.09. The van der Waals surface area contributed by atoms with Gasteiger partial charge in [0.25, 0.3) is 0 Å². The minimum Gasteiger partial charge on any atom is -0.304 e. The Morgan fingerprint density at radius 2 is 1.90 bits per heavy atom. The fraction of sp³-hybridized carbons (Fsp3) is 0.267. The molecule has 106 valence electrons. The average Bonchev–Trinajstić information content (AvgIpc) is 2.43. The highest BCUT2D eigenvalue weighted by Gasteiger charge is 2.16. The molecule has 0 aliphatic rings. The van der Waals surface area contributed by atoms with Crippen molar-refractivity contribution in [2.75, 3.05) is 0 Å². The first-order valence-electron chi connectivity index (χ1n) is 6.29. The van der Waals surface area contributed by atoms with Gasteiger partial charge in [0.2, 0.25) is 0 Å². The van der Waals surface area contributed by atoms with Crippen LogP contribution >= 0.6 is 23.2 Å². The Morgan fingerprint density at radius 3 is 2.55 bits per heavy atom. The first-order chi connectivity index (χ1) is 9.49. The topological polar surface area (TPSA) is 24.9 Å². The Balaban J connectivity index is 2.16. The smallest absolute Gasteiger partial charge is 0.142 e. The van der Waals surface area contributed by atoms with Gasteiger partial charge < -0.3 is 5.32 Å². The fourth-order valence-electron chi connectivity index (χ4n) is 2.06. The zero-order valence-corrected chi connectivity index (χ0v) is 12.7. The van der Waals surface area contributed by atoms with Crippen molar-refractivity contribution >= 4 is 23.2 Å². The van der Waals surface area contributed by atoms with Gasteiger partial charge in [-0.25, -0.2) is 4.39 Å². The molecule has 5 heteroatoms. The maximum absolute atomic E-state index is 13.6. The first kappa shape index (κ1) is 15.2. The molecule has 0 radical (unpaired) electrons. The Labute approximate surface area is 127 Å². The van der Waals surface area contributed by atoms with Gasteiger partial charge >= 0.3 is 0 Å². The molecule has 1 heterocycles. The van der Waals surface area contributed by atoms with Crippen molar-refractivity contribution in [2.45, 2.75) is 25.9 Å². The first-order valence-corrected chi connectivity index (χ1v) is 7.05. The Morgan fingerprint density at radius 1 is 1.15 bits per heavy atom. The highest BCUT2D eigenvalue weighted by atomic mass is 35.5. The van der Waals surface area contributed by atoms with E-state index in [-0.39, 0.29) is 17.1 Å². The van der Waals surface area contributed by atoms with E-state index in [9.17, 15) is 4.39 Å². The SMILES string of the molecule is CC(N[C@@H](C)c1cccnc1)c1cc(F)c(Cl)cc1Cl.